The maximum Gasteiger partial charge on any atom is 0.0831 e. The summed E-state index contributed by atoms with van der Waals surface area (Å²) < 4.78 is 0. The van der Waals surface area contributed by atoms with Crippen LogP contribution in [-0.4, -0.2) is 12.6 Å². The Hall–Kier alpha value is -1.12. The van der Waals surface area contributed by atoms with Crippen molar-refractivity contribution in [2.75, 3.05) is 0 Å². The molecule has 0 fully saturated rings. The summed E-state index contributed by atoms with van der Waals surface area (Å²) >= 11 is 0. The van der Waals surface area contributed by atoms with Gasteiger partial charge in [0, 0.05) is 18.6 Å². The van der Waals surface area contributed by atoms with E-state index in [9.17, 15) is 0 Å². The van der Waals surface area contributed by atoms with E-state index in [4.69, 9.17) is 5.41 Å². The number of aliphatic imine (C=N–C) groups is 1. The molecule has 3 heteroatoms. The van der Waals surface area contributed by atoms with Crippen LogP contribution in [0, 0.1) is 5.41 Å². The van der Waals surface area contributed by atoms with E-state index >= 15 is 0 Å². The largest absolute Gasteiger partial charge is 0.352 e. The predicted octanol–water partition coefficient (Wildman–Crippen LogP) is 0.745. The zero-order valence-electron chi connectivity index (χ0n) is 4.76. The van der Waals surface area contributed by atoms with Crippen LogP contribution < -0.4 is 5.32 Å². The van der Waals surface area contributed by atoms with Gasteiger partial charge in [0.2, 0.25) is 0 Å². The Morgan fingerprint density at radius 3 is 2.88 bits per heavy atom. The molecule has 0 atom stereocenters. The minimum absolute atomic E-state index is 1.08. The second kappa shape index (κ2) is 5.88. The van der Waals surface area contributed by atoms with Crippen molar-refractivity contribution < 1.29 is 0 Å². The summed E-state index contributed by atoms with van der Waals surface area (Å²) in [5, 5.41) is 9.03. The van der Waals surface area contributed by atoms with E-state index in [0.717, 1.165) is 6.34 Å². The van der Waals surface area contributed by atoms with Crippen molar-refractivity contribution in [3.05, 3.63) is 12.4 Å². The van der Waals surface area contributed by atoms with Crippen molar-refractivity contribution in [2.45, 2.75) is 6.92 Å². The lowest BCUT2D eigenvalue weighted by Gasteiger charge is -1.79. The molecular formula is C5H9N3. The summed E-state index contributed by atoms with van der Waals surface area (Å²) in [5.41, 5.74) is 0. The second-order valence-electron chi connectivity index (χ2n) is 1.03. The van der Waals surface area contributed by atoms with Crippen LogP contribution in [-0.2, 0) is 0 Å². The number of rotatable bonds is 3. The van der Waals surface area contributed by atoms with Gasteiger partial charge in [0.15, 0.2) is 0 Å². The topological polar surface area (TPSA) is 48.2 Å². The average Bonchev–Trinajstić information content (AvgIpc) is 1.81. The molecule has 0 aromatic rings. The zero-order valence-corrected chi connectivity index (χ0v) is 4.76. The molecule has 0 saturated heterocycles. The lowest BCUT2D eigenvalue weighted by molar-refractivity contribution is 1.27. The van der Waals surface area contributed by atoms with Crippen LogP contribution in [0.25, 0.3) is 0 Å². The van der Waals surface area contributed by atoms with Crippen molar-refractivity contribution in [1.29, 1.82) is 5.41 Å². The minimum atomic E-state index is 1.08. The van der Waals surface area contributed by atoms with Crippen LogP contribution in [0.2, 0.25) is 0 Å². The molecule has 0 aliphatic rings. The first-order valence-corrected chi connectivity index (χ1v) is 2.29. The summed E-state index contributed by atoms with van der Waals surface area (Å²) in [5.74, 6) is 0. The van der Waals surface area contributed by atoms with E-state index in [2.05, 4.69) is 10.3 Å². The molecule has 0 saturated carbocycles. The molecule has 2 N–H and O–H groups in total. The Kier molecular flexibility index (Phi) is 5.06. The molecule has 0 bridgehead atoms. The van der Waals surface area contributed by atoms with Crippen LogP contribution in [0.15, 0.2) is 17.4 Å². The van der Waals surface area contributed by atoms with Gasteiger partial charge in [-0.1, -0.05) is 0 Å². The lowest BCUT2D eigenvalue weighted by atomic mass is 10.8. The molecule has 0 spiro atoms. The molecule has 0 aromatic heterocycles. The Morgan fingerprint density at radius 2 is 2.38 bits per heavy atom. The SMILES string of the molecule is C/C=N\C=CNC=N. The van der Waals surface area contributed by atoms with Crippen molar-refractivity contribution in [2.24, 2.45) is 4.99 Å². The van der Waals surface area contributed by atoms with E-state index in [1.54, 1.807) is 18.6 Å². The van der Waals surface area contributed by atoms with Gasteiger partial charge in [0.1, 0.15) is 0 Å². The predicted molar refractivity (Wildman–Crippen MR) is 35.2 cm³/mol. The molecule has 0 aromatic carbocycles. The molecule has 0 rings (SSSR count). The fraction of sp³-hybridized carbons (Fsp3) is 0.200. The van der Waals surface area contributed by atoms with E-state index < -0.39 is 0 Å². The molecule has 0 radical (unpaired) electrons. The highest BCUT2D eigenvalue weighted by atomic mass is 14.9. The van der Waals surface area contributed by atoms with Gasteiger partial charge in [0.05, 0.1) is 6.34 Å². The fourth-order valence-electron chi connectivity index (χ4n) is 0.220. The summed E-state index contributed by atoms with van der Waals surface area (Å²) in [6, 6.07) is 0. The summed E-state index contributed by atoms with van der Waals surface area (Å²) in [6.45, 7) is 1.83. The summed E-state index contributed by atoms with van der Waals surface area (Å²) in [7, 11) is 0. The number of nitrogens with zero attached hydrogens (tertiary/aromatic N) is 1. The van der Waals surface area contributed by atoms with Gasteiger partial charge >= 0.3 is 0 Å². The van der Waals surface area contributed by atoms with Gasteiger partial charge in [-0.05, 0) is 6.92 Å². The van der Waals surface area contributed by atoms with Gasteiger partial charge in [-0.15, -0.1) is 0 Å². The van der Waals surface area contributed by atoms with Crippen LogP contribution >= 0.6 is 0 Å². The maximum atomic E-state index is 6.50. The van der Waals surface area contributed by atoms with Gasteiger partial charge in [-0.3, -0.25) is 10.4 Å². The van der Waals surface area contributed by atoms with E-state index in [0.29, 0.717) is 0 Å². The van der Waals surface area contributed by atoms with E-state index in [1.807, 2.05) is 6.92 Å². The molecule has 0 amide bonds. The zero-order chi connectivity index (χ0) is 6.24. The van der Waals surface area contributed by atoms with Gasteiger partial charge in [-0.25, -0.2) is 0 Å². The quantitative estimate of drug-likeness (QED) is 0.409. The molecule has 0 aliphatic carbocycles. The van der Waals surface area contributed by atoms with Crippen molar-refractivity contribution >= 4 is 12.6 Å². The Bertz CT molecular complexity index is 104. The van der Waals surface area contributed by atoms with Crippen LogP contribution in [0.5, 0.6) is 0 Å². The number of hydrogen-bond acceptors (Lipinski definition) is 2. The normalized spacial score (nSPS) is 10.6. The maximum absolute atomic E-state index is 6.50. The lowest BCUT2D eigenvalue weighted by Crippen LogP contribution is -1.96. The molecule has 8 heavy (non-hydrogen) atoms. The Morgan fingerprint density at radius 1 is 1.62 bits per heavy atom. The minimum Gasteiger partial charge on any atom is -0.352 e. The van der Waals surface area contributed by atoms with Crippen LogP contribution in [0.3, 0.4) is 0 Å². The molecule has 0 heterocycles. The highest BCUT2D eigenvalue weighted by molar-refractivity contribution is 5.54. The molecule has 0 unspecified atom stereocenters. The summed E-state index contributed by atoms with van der Waals surface area (Å²) in [6.07, 6.45) is 5.90. The summed E-state index contributed by atoms with van der Waals surface area (Å²) in [4.78, 5) is 3.74. The Labute approximate surface area is 48.6 Å². The third-order valence-electron chi connectivity index (χ3n) is 0.489. The van der Waals surface area contributed by atoms with Crippen molar-refractivity contribution in [3.8, 4) is 0 Å². The monoisotopic (exact) mass is 111 g/mol. The first kappa shape index (κ1) is 6.88. The van der Waals surface area contributed by atoms with Crippen molar-refractivity contribution in [3.63, 3.8) is 0 Å². The van der Waals surface area contributed by atoms with Gasteiger partial charge in [0.25, 0.3) is 0 Å². The van der Waals surface area contributed by atoms with Gasteiger partial charge < -0.3 is 5.32 Å². The highest BCUT2D eigenvalue weighted by Crippen LogP contribution is 1.65. The second-order valence-corrected chi connectivity index (χ2v) is 1.03. The molecule has 3 nitrogen and oxygen atoms in total. The van der Waals surface area contributed by atoms with E-state index in [-0.39, 0.29) is 0 Å². The first-order chi connectivity index (χ1) is 3.91. The van der Waals surface area contributed by atoms with Gasteiger partial charge in [-0.2, -0.15) is 0 Å². The number of nitrogens with one attached hydrogen (secondary N) is 2. The van der Waals surface area contributed by atoms with Crippen LogP contribution in [0.1, 0.15) is 6.92 Å². The number of hydrogen-bond donors (Lipinski definition) is 2. The molecular weight excluding hydrogens is 102 g/mol. The third-order valence-corrected chi connectivity index (χ3v) is 0.489. The molecule has 44 valence electrons. The molecule has 0 aliphatic heterocycles. The average molecular weight is 111 g/mol. The van der Waals surface area contributed by atoms with E-state index in [1.165, 1.54) is 0 Å². The first-order valence-electron chi connectivity index (χ1n) is 2.29. The Balaban J connectivity index is 3.19. The van der Waals surface area contributed by atoms with Crippen LogP contribution in [0.4, 0.5) is 0 Å². The fourth-order valence-corrected chi connectivity index (χ4v) is 0.220. The van der Waals surface area contributed by atoms with Crippen molar-refractivity contribution in [1.82, 2.24) is 5.32 Å². The highest BCUT2D eigenvalue weighted by Gasteiger charge is 1.58. The third kappa shape index (κ3) is 4.88. The standard InChI is InChI=1S/C5H9N3/c1-2-7-3-4-8-5-6/h2-5H,1H3,(H2,6,8)/b4-3?,7-2-. The smallest absolute Gasteiger partial charge is 0.0831 e.